The molecule has 1 aliphatic rings. The summed E-state index contributed by atoms with van der Waals surface area (Å²) >= 11 is 2.19. The van der Waals surface area contributed by atoms with Gasteiger partial charge in [0.05, 0.1) is 13.2 Å². The van der Waals surface area contributed by atoms with Crippen molar-refractivity contribution in [2.24, 2.45) is 0 Å². The molecule has 1 amide bonds. The number of hydrogen-bond donors (Lipinski definition) is 0. The van der Waals surface area contributed by atoms with Gasteiger partial charge in [-0.25, -0.2) is 0 Å². The summed E-state index contributed by atoms with van der Waals surface area (Å²) in [4.78, 5) is 13.9. The fraction of sp³-hybridized carbons (Fsp3) is 0.286. The molecule has 1 fully saturated rings. The monoisotopic (exact) mass is 368 g/mol. The molecule has 0 N–H and O–H groups in total. The topological polar surface area (TPSA) is 53.3 Å². The molecular weight excluding hydrogens is 355 g/mol. The highest BCUT2D eigenvalue weighted by Crippen LogP contribution is 2.16. The molecule has 4 nitrogen and oxygen atoms in total. The summed E-state index contributed by atoms with van der Waals surface area (Å²) in [7, 11) is 0. The largest absolute Gasteiger partial charge is 0.378 e. The lowest BCUT2D eigenvalue weighted by atomic mass is 10.1. The maximum absolute atomic E-state index is 12.2. The van der Waals surface area contributed by atoms with Gasteiger partial charge in [-0.15, -0.1) is 0 Å². The first kappa shape index (κ1) is 14.0. The highest BCUT2D eigenvalue weighted by molar-refractivity contribution is 14.1. The number of nitrogens with zero attached hydrogens (tertiary/aromatic N) is 2. The lowest BCUT2D eigenvalue weighted by Gasteiger charge is -2.26. The number of ether oxygens (including phenoxy) is 1. The molecule has 1 heterocycles. The molecular formula is C14H13IN2O2. The van der Waals surface area contributed by atoms with Crippen LogP contribution >= 0.6 is 22.6 Å². The minimum absolute atomic E-state index is 0.172. The van der Waals surface area contributed by atoms with Gasteiger partial charge in [0.2, 0.25) is 0 Å². The Balaban J connectivity index is 2.22. The van der Waals surface area contributed by atoms with Gasteiger partial charge in [-0.3, -0.25) is 4.79 Å². The fourth-order valence-corrected chi connectivity index (χ4v) is 2.37. The van der Waals surface area contributed by atoms with E-state index in [-0.39, 0.29) is 11.5 Å². The lowest BCUT2D eigenvalue weighted by molar-refractivity contribution is -0.130. The predicted molar refractivity (Wildman–Crippen MR) is 80.1 cm³/mol. The third kappa shape index (κ3) is 3.55. The molecule has 0 saturated carbocycles. The highest BCUT2D eigenvalue weighted by Gasteiger charge is 2.20. The van der Waals surface area contributed by atoms with Gasteiger partial charge in [-0.2, -0.15) is 5.26 Å². The van der Waals surface area contributed by atoms with E-state index in [0.717, 1.165) is 9.13 Å². The molecule has 19 heavy (non-hydrogen) atoms. The summed E-state index contributed by atoms with van der Waals surface area (Å²) in [6.45, 7) is 2.16. The zero-order valence-corrected chi connectivity index (χ0v) is 12.5. The third-order valence-corrected chi connectivity index (χ3v) is 3.84. The van der Waals surface area contributed by atoms with Crippen LogP contribution < -0.4 is 0 Å². The van der Waals surface area contributed by atoms with E-state index >= 15 is 0 Å². The molecule has 0 aromatic heterocycles. The van der Waals surface area contributed by atoms with Crippen LogP contribution in [0.25, 0.3) is 6.08 Å². The summed E-state index contributed by atoms with van der Waals surface area (Å²) in [6.07, 6.45) is 1.65. The van der Waals surface area contributed by atoms with E-state index in [2.05, 4.69) is 22.6 Å². The standard InChI is InChI=1S/C14H13IN2O2/c15-13-4-2-1-3-11(13)9-12(10-16)14(18)17-5-7-19-8-6-17/h1-4,9H,5-8H2/b12-9-. The lowest BCUT2D eigenvalue weighted by Crippen LogP contribution is -2.41. The van der Waals surface area contributed by atoms with Gasteiger partial charge in [-0.1, -0.05) is 18.2 Å². The van der Waals surface area contributed by atoms with Crippen molar-refractivity contribution < 1.29 is 9.53 Å². The van der Waals surface area contributed by atoms with Crippen molar-refractivity contribution >= 4 is 34.6 Å². The van der Waals surface area contributed by atoms with E-state index in [0.29, 0.717) is 26.3 Å². The second kappa shape index (κ2) is 6.68. The van der Waals surface area contributed by atoms with Crippen LogP contribution in [0.1, 0.15) is 5.56 Å². The summed E-state index contributed by atoms with van der Waals surface area (Å²) in [6, 6.07) is 9.66. The first-order valence-corrected chi connectivity index (χ1v) is 7.03. The first-order valence-electron chi connectivity index (χ1n) is 5.95. The van der Waals surface area contributed by atoms with E-state index in [1.807, 2.05) is 30.3 Å². The Labute approximate surface area is 125 Å². The van der Waals surface area contributed by atoms with Crippen LogP contribution in [0.15, 0.2) is 29.8 Å². The zero-order valence-electron chi connectivity index (χ0n) is 10.3. The molecule has 0 unspecified atom stereocenters. The van der Waals surface area contributed by atoms with Gasteiger partial charge in [0.1, 0.15) is 11.6 Å². The SMILES string of the molecule is N#C/C(=C/c1ccccc1I)C(=O)N1CCOCC1. The second-order valence-electron chi connectivity index (χ2n) is 4.10. The maximum atomic E-state index is 12.2. The minimum atomic E-state index is -0.217. The summed E-state index contributed by atoms with van der Waals surface area (Å²) in [5.74, 6) is -0.217. The van der Waals surface area contributed by atoms with E-state index in [1.165, 1.54) is 0 Å². The molecule has 0 bridgehead atoms. The normalized spacial score (nSPS) is 16.0. The van der Waals surface area contributed by atoms with Crippen molar-refractivity contribution in [1.82, 2.24) is 4.90 Å². The van der Waals surface area contributed by atoms with Crippen molar-refractivity contribution in [3.8, 4) is 6.07 Å². The van der Waals surface area contributed by atoms with Crippen LogP contribution in [-0.4, -0.2) is 37.1 Å². The number of halogens is 1. The number of hydrogen-bond acceptors (Lipinski definition) is 3. The molecule has 1 aromatic carbocycles. The molecule has 0 spiro atoms. The van der Waals surface area contributed by atoms with Gasteiger partial charge in [0.15, 0.2) is 0 Å². The van der Waals surface area contributed by atoms with Gasteiger partial charge < -0.3 is 9.64 Å². The fourth-order valence-electron chi connectivity index (χ4n) is 1.83. The Bertz CT molecular complexity index is 543. The van der Waals surface area contributed by atoms with E-state index in [1.54, 1.807) is 11.0 Å². The van der Waals surface area contributed by atoms with Gasteiger partial charge in [0.25, 0.3) is 5.91 Å². The molecule has 2 rings (SSSR count). The molecule has 1 aromatic rings. The van der Waals surface area contributed by atoms with E-state index < -0.39 is 0 Å². The average molecular weight is 368 g/mol. The zero-order chi connectivity index (χ0) is 13.7. The first-order chi connectivity index (χ1) is 9.22. The number of amides is 1. The van der Waals surface area contributed by atoms with Crippen LogP contribution in [0.3, 0.4) is 0 Å². The van der Waals surface area contributed by atoms with E-state index in [4.69, 9.17) is 4.74 Å². The van der Waals surface area contributed by atoms with Gasteiger partial charge >= 0.3 is 0 Å². The van der Waals surface area contributed by atoms with Crippen molar-refractivity contribution in [2.75, 3.05) is 26.3 Å². The van der Waals surface area contributed by atoms with Crippen molar-refractivity contribution in [2.45, 2.75) is 0 Å². The van der Waals surface area contributed by atoms with Crippen molar-refractivity contribution in [1.29, 1.82) is 5.26 Å². The molecule has 1 saturated heterocycles. The smallest absolute Gasteiger partial charge is 0.264 e. The van der Waals surface area contributed by atoms with Crippen LogP contribution in [-0.2, 0) is 9.53 Å². The molecule has 0 aliphatic carbocycles. The predicted octanol–water partition coefficient (Wildman–Crippen LogP) is 2.06. The Hall–Kier alpha value is -1.39. The second-order valence-corrected chi connectivity index (χ2v) is 5.26. The summed E-state index contributed by atoms with van der Waals surface area (Å²) < 4.78 is 6.22. The number of benzene rings is 1. The Morgan fingerprint density at radius 2 is 2.05 bits per heavy atom. The third-order valence-electron chi connectivity index (χ3n) is 2.85. The van der Waals surface area contributed by atoms with Crippen molar-refractivity contribution in [3.05, 3.63) is 39.0 Å². The van der Waals surface area contributed by atoms with Crippen LogP contribution in [0.2, 0.25) is 0 Å². The highest BCUT2D eigenvalue weighted by atomic mass is 127. The van der Waals surface area contributed by atoms with Gasteiger partial charge in [-0.05, 0) is 40.3 Å². The maximum Gasteiger partial charge on any atom is 0.264 e. The van der Waals surface area contributed by atoms with Crippen LogP contribution in [0.4, 0.5) is 0 Å². The molecule has 98 valence electrons. The van der Waals surface area contributed by atoms with Crippen molar-refractivity contribution in [3.63, 3.8) is 0 Å². The number of nitriles is 1. The number of carbonyl (C=O) groups excluding carboxylic acids is 1. The molecule has 5 heteroatoms. The summed E-state index contributed by atoms with van der Waals surface area (Å²) in [5, 5.41) is 9.18. The number of carbonyl (C=O) groups is 1. The molecule has 0 radical (unpaired) electrons. The Morgan fingerprint density at radius 1 is 1.37 bits per heavy atom. The average Bonchev–Trinajstić information content (AvgIpc) is 2.47. The Morgan fingerprint density at radius 3 is 2.68 bits per heavy atom. The number of morpholine rings is 1. The van der Waals surface area contributed by atoms with Crippen LogP contribution in [0.5, 0.6) is 0 Å². The molecule has 1 aliphatic heterocycles. The van der Waals surface area contributed by atoms with Crippen LogP contribution in [0, 0.1) is 14.9 Å². The minimum Gasteiger partial charge on any atom is -0.378 e. The van der Waals surface area contributed by atoms with E-state index in [9.17, 15) is 10.1 Å². The molecule has 0 atom stereocenters. The quantitative estimate of drug-likeness (QED) is 0.456. The van der Waals surface area contributed by atoms with Gasteiger partial charge in [0, 0.05) is 16.7 Å². The summed E-state index contributed by atoms with van der Waals surface area (Å²) in [5.41, 5.74) is 1.06. The number of rotatable bonds is 2. The Kier molecular flexibility index (Phi) is 4.93.